The van der Waals surface area contributed by atoms with E-state index in [1.54, 1.807) is 0 Å². The molecular weight excluding hydrogens is 170 g/mol. The second-order valence-electron chi connectivity index (χ2n) is 6.37. The number of nitrogens with one attached hydrogen (secondary N) is 1. The van der Waals surface area contributed by atoms with Crippen LogP contribution in [0.4, 0.5) is 0 Å². The molecule has 1 N–H and O–H groups in total. The summed E-state index contributed by atoms with van der Waals surface area (Å²) >= 11 is 0. The van der Waals surface area contributed by atoms with Gasteiger partial charge in [-0.2, -0.15) is 0 Å². The summed E-state index contributed by atoms with van der Waals surface area (Å²) in [6.07, 6.45) is 2.71. The van der Waals surface area contributed by atoms with Crippen LogP contribution in [-0.4, -0.2) is 12.1 Å². The Balaban J connectivity index is 2.49. The van der Waals surface area contributed by atoms with E-state index in [0.717, 1.165) is 17.9 Å². The first-order chi connectivity index (χ1) is 6.32. The number of hydrogen-bond donors (Lipinski definition) is 1. The van der Waals surface area contributed by atoms with Crippen LogP contribution in [0.15, 0.2) is 0 Å². The Kier molecular flexibility index (Phi) is 3.63. The predicted octanol–water partition coefficient (Wildman–Crippen LogP) is 3.45. The van der Waals surface area contributed by atoms with Gasteiger partial charge in [-0.05, 0) is 30.1 Å². The molecule has 1 heterocycles. The minimum atomic E-state index is 0.422. The van der Waals surface area contributed by atoms with Gasteiger partial charge in [0, 0.05) is 12.1 Å². The van der Waals surface area contributed by atoms with Crippen LogP contribution in [0.5, 0.6) is 0 Å². The highest BCUT2D eigenvalue weighted by molar-refractivity contribution is 4.92. The van der Waals surface area contributed by atoms with Crippen LogP contribution in [0.25, 0.3) is 0 Å². The second kappa shape index (κ2) is 4.22. The smallest absolute Gasteiger partial charge is 0.0119 e. The maximum absolute atomic E-state index is 3.81. The lowest BCUT2D eigenvalue weighted by atomic mass is 9.86. The Morgan fingerprint density at radius 3 is 2.00 bits per heavy atom. The standard InChI is InChI=1S/C13H27N/c1-9(2)10(3)11-7-8-12(14-11)13(4,5)6/h9-12,14H,7-8H2,1-6H3/t10-,11?,12?/m0/s1. The van der Waals surface area contributed by atoms with Gasteiger partial charge in [-0.3, -0.25) is 0 Å². The van der Waals surface area contributed by atoms with Crippen molar-refractivity contribution < 1.29 is 0 Å². The monoisotopic (exact) mass is 197 g/mol. The van der Waals surface area contributed by atoms with Gasteiger partial charge in [0.2, 0.25) is 0 Å². The van der Waals surface area contributed by atoms with Crippen LogP contribution < -0.4 is 5.32 Å². The molecule has 3 atom stereocenters. The zero-order valence-corrected chi connectivity index (χ0v) is 10.7. The minimum absolute atomic E-state index is 0.422. The van der Waals surface area contributed by atoms with Crippen LogP contribution in [0, 0.1) is 17.3 Å². The van der Waals surface area contributed by atoms with Gasteiger partial charge in [0.25, 0.3) is 0 Å². The molecule has 0 aromatic carbocycles. The zero-order chi connectivity index (χ0) is 10.9. The molecule has 0 amide bonds. The third kappa shape index (κ3) is 2.73. The molecular formula is C13H27N. The molecule has 0 saturated carbocycles. The fraction of sp³-hybridized carbons (Fsp3) is 1.00. The van der Waals surface area contributed by atoms with Gasteiger partial charge in [0.15, 0.2) is 0 Å². The third-order valence-electron chi connectivity index (χ3n) is 3.91. The number of hydrogen-bond acceptors (Lipinski definition) is 1. The average molecular weight is 197 g/mol. The first-order valence-corrected chi connectivity index (χ1v) is 6.08. The molecule has 1 heteroatoms. The molecule has 1 nitrogen and oxygen atoms in total. The second-order valence-corrected chi connectivity index (χ2v) is 6.37. The topological polar surface area (TPSA) is 12.0 Å². The van der Waals surface area contributed by atoms with Gasteiger partial charge >= 0.3 is 0 Å². The average Bonchev–Trinajstić information content (AvgIpc) is 2.49. The Morgan fingerprint density at radius 1 is 1.07 bits per heavy atom. The van der Waals surface area contributed by atoms with E-state index in [1.165, 1.54) is 12.8 Å². The lowest BCUT2D eigenvalue weighted by Crippen LogP contribution is -2.41. The van der Waals surface area contributed by atoms with Crippen molar-refractivity contribution in [2.24, 2.45) is 17.3 Å². The van der Waals surface area contributed by atoms with Crippen LogP contribution in [0.2, 0.25) is 0 Å². The van der Waals surface area contributed by atoms with E-state index >= 15 is 0 Å². The lowest BCUT2D eigenvalue weighted by molar-refractivity contribution is 0.257. The maximum atomic E-state index is 3.81. The zero-order valence-electron chi connectivity index (χ0n) is 10.7. The van der Waals surface area contributed by atoms with E-state index in [-0.39, 0.29) is 0 Å². The SMILES string of the molecule is CC(C)[C@H](C)C1CCC(C(C)(C)C)N1. The van der Waals surface area contributed by atoms with E-state index in [0.29, 0.717) is 11.5 Å². The van der Waals surface area contributed by atoms with Crippen molar-refractivity contribution in [3.63, 3.8) is 0 Å². The van der Waals surface area contributed by atoms with Crippen LogP contribution in [-0.2, 0) is 0 Å². The molecule has 14 heavy (non-hydrogen) atoms. The number of rotatable bonds is 2. The summed E-state index contributed by atoms with van der Waals surface area (Å²) in [7, 11) is 0. The molecule has 1 rings (SSSR count). The fourth-order valence-electron chi connectivity index (χ4n) is 2.33. The van der Waals surface area contributed by atoms with E-state index in [1.807, 2.05) is 0 Å². The molecule has 0 aromatic heterocycles. The Hall–Kier alpha value is -0.0400. The highest BCUT2D eigenvalue weighted by atomic mass is 15.0. The van der Waals surface area contributed by atoms with Crippen molar-refractivity contribution in [1.29, 1.82) is 0 Å². The molecule has 0 bridgehead atoms. The lowest BCUT2D eigenvalue weighted by Gasteiger charge is -2.30. The highest BCUT2D eigenvalue weighted by Gasteiger charge is 2.34. The van der Waals surface area contributed by atoms with E-state index < -0.39 is 0 Å². The van der Waals surface area contributed by atoms with Gasteiger partial charge < -0.3 is 5.32 Å². The maximum Gasteiger partial charge on any atom is 0.0119 e. The quantitative estimate of drug-likeness (QED) is 0.715. The molecule has 1 aliphatic heterocycles. The van der Waals surface area contributed by atoms with Gasteiger partial charge in [0.1, 0.15) is 0 Å². The van der Waals surface area contributed by atoms with Crippen molar-refractivity contribution in [2.45, 2.75) is 66.5 Å². The third-order valence-corrected chi connectivity index (χ3v) is 3.91. The van der Waals surface area contributed by atoms with Crippen molar-refractivity contribution >= 4 is 0 Å². The molecule has 1 fully saturated rings. The van der Waals surface area contributed by atoms with Crippen molar-refractivity contribution in [1.82, 2.24) is 5.32 Å². The first kappa shape index (κ1) is 12.0. The largest absolute Gasteiger partial charge is 0.310 e. The van der Waals surface area contributed by atoms with Crippen LogP contribution in [0.3, 0.4) is 0 Å². The van der Waals surface area contributed by atoms with Crippen LogP contribution >= 0.6 is 0 Å². The molecule has 1 saturated heterocycles. The van der Waals surface area contributed by atoms with Gasteiger partial charge in [-0.1, -0.05) is 41.5 Å². The van der Waals surface area contributed by atoms with E-state index in [9.17, 15) is 0 Å². The van der Waals surface area contributed by atoms with Crippen molar-refractivity contribution in [3.05, 3.63) is 0 Å². The van der Waals surface area contributed by atoms with Gasteiger partial charge in [-0.15, -0.1) is 0 Å². The first-order valence-electron chi connectivity index (χ1n) is 6.08. The highest BCUT2D eigenvalue weighted by Crippen LogP contribution is 2.32. The molecule has 84 valence electrons. The van der Waals surface area contributed by atoms with E-state index in [4.69, 9.17) is 0 Å². The van der Waals surface area contributed by atoms with Crippen molar-refractivity contribution in [2.75, 3.05) is 0 Å². The summed E-state index contributed by atoms with van der Waals surface area (Å²) in [5.41, 5.74) is 0.422. The Labute approximate surface area is 89.7 Å². The Bertz CT molecular complexity index is 178. The Morgan fingerprint density at radius 2 is 1.64 bits per heavy atom. The van der Waals surface area contributed by atoms with Crippen molar-refractivity contribution in [3.8, 4) is 0 Å². The molecule has 0 radical (unpaired) electrons. The van der Waals surface area contributed by atoms with Gasteiger partial charge in [-0.25, -0.2) is 0 Å². The predicted molar refractivity (Wildman–Crippen MR) is 63.4 cm³/mol. The molecule has 0 aromatic rings. The molecule has 1 aliphatic rings. The summed E-state index contributed by atoms with van der Waals surface area (Å²) < 4.78 is 0. The minimum Gasteiger partial charge on any atom is -0.310 e. The molecule has 0 aliphatic carbocycles. The molecule has 2 unspecified atom stereocenters. The molecule has 0 spiro atoms. The summed E-state index contributed by atoms with van der Waals surface area (Å²) in [6.45, 7) is 14.1. The van der Waals surface area contributed by atoms with Crippen LogP contribution in [0.1, 0.15) is 54.4 Å². The summed E-state index contributed by atoms with van der Waals surface area (Å²) in [6, 6.07) is 1.47. The summed E-state index contributed by atoms with van der Waals surface area (Å²) in [5.74, 6) is 1.61. The normalized spacial score (nSPS) is 31.1. The van der Waals surface area contributed by atoms with Gasteiger partial charge in [0.05, 0.1) is 0 Å². The fourth-order valence-corrected chi connectivity index (χ4v) is 2.33. The van der Waals surface area contributed by atoms with E-state index in [2.05, 4.69) is 46.9 Å². The summed E-state index contributed by atoms with van der Waals surface area (Å²) in [5, 5.41) is 3.81. The summed E-state index contributed by atoms with van der Waals surface area (Å²) in [4.78, 5) is 0.